The molecule has 6 nitrogen and oxygen atoms in total. The first-order valence-corrected chi connectivity index (χ1v) is 7.26. The van der Waals surface area contributed by atoms with E-state index < -0.39 is 0 Å². The number of benzene rings is 1. The maximum Gasteiger partial charge on any atom is 0.257 e. The molecule has 0 aliphatic rings. The Kier molecular flexibility index (Phi) is 5.43. The van der Waals surface area contributed by atoms with Crippen LogP contribution in [0.2, 0.25) is 0 Å². The number of carbonyl (C=O) groups excluding carboxylic acids is 1. The van der Waals surface area contributed by atoms with Crippen molar-refractivity contribution < 1.29 is 9.53 Å². The molecule has 0 radical (unpaired) electrons. The van der Waals surface area contributed by atoms with Gasteiger partial charge in [0.25, 0.3) is 5.91 Å². The van der Waals surface area contributed by atoms with Gasteiger partial charge in [-0.05, 0) is 35.9 Å². The van der Waals surface area contributed by atoms with Crippen LogP contribution in [0.4, 0.5) is 5.13 Å². The number of amides is 1. The van der Waals surface area contributed by atoms with E-state index in [-0.39, 0.29) is 5.91 Å². The molecule has 20 heavy (non-hydrogen) atoms. The average molecular weight is 292 g/mol. The molecule has 106 valence electrons. The second-order valence-electron chi connectivity index (χ2n) is 4.20. The van der Waals surface area contributed by atoms with Crippen molar-refractivity contribution in [1.29, 1.82) is 0 Å². The maximum absolute atomic E-state index is 11.9. The van der Waals surface area contributed by atoms with Gasteiger partial charge >= 0.3 is 0 Å². The average Bonchev–Trinajstić information content (AvgIpc) is 2.97. The third kappa shape index (κ3) is 4.27. The van der Waals surface area contributed by atoms with E-state index in [0.29, 0.717) is 17.3 Å². The number of nitrogens with one attached hydrogen (secondary N) is 1. The first-order chi connectivity index (χ1) is 9.79. The third-order valence-electron chi connectivity index (χ3n) is 2.65. The number of unbranched alkanes of at least 4 members (excludes halogenated alkanes) is 2. The lowest BCUT2D eigenvalue weighted by atomic mass is 10.2. The van der Waals surface area contributed by atoms with Gasteiger partial charge in [0, 0.05) is 17.1 Å². The van der Waals surface area contributed by atoms with Gasteiger partial charge in [0.05, 0.1) is 6.61 Å². The summed E-state index contributed by atoms with van der Waals surface area (Å²) in [5.74, 6) is 0.538. The summed E-state index contributed by atoms with van der Waals surface area (Å²) in [6.45, 7) is 2.86. The lowest BCUT2D eigenvalue weighted by Crippen LogP contribution is -2.11. The minimum atomic E-state index is -0.235. The van der Waals surface area contributed by atoms with Crippen LogP contribution < -0.4 is 10.1 Å². The topological polar surface area (TPSA) is 77.0 Å². The van der Waals surface area contributed by atoms with Crippen molar-refractivity contribution in [2.24, 2.45) is 0 Å². The SMILES string of the molecule is CCCCCOc1ccc(C(=O)Nc2nnns2)cc1. The number of rotatable bonds is 7. The highest BCUT2D eigenvalue weighted by Crippen LogP contribution is 2.14. The van der Waals surface area contributed by atoms with E-state index in [1.54, 1.807) is 24.3 Å². The Balaban J connectivity index is 1.85. The third-order valence-corrected chi connectivity index (χ3v) is 3.16. The number of carbonyl (C=O) groups is 1. The summed E-state index contributed by atoms with van der Waals surface area (Å²) in [6, 6.07) is 7.02. The summed E-state index contributed by atoms with van der Waals surface area (Å²) in [4.78, 5) is 11.9. The zero-order valence-electron chi connectivity index (χ0n) is 11.2. The van der Waals surface area contributed by atoms with Crippen molar-refractivity contribution in [2.75, 3.05) is 11.9 Å². The van der Waals surface area contributed by atoms with E-state index in [0.717, 1.165) is 30.1 Å². The lowest BCUT2D eigenvalue weighted by molar-refractivity contribution is 0.102. The van der Waals surface area contributed by atoms with E-state index in [1.807, 2.05) is 0 Å². The molecule has 1 aromatic heterocycles. The summed E-state index contributed by atoms with van der Waals surface area (Å²) in [5, 5.41) is 10.1. The van der Waals surface area contributed by atoms with E-state index in [1.165, 1.54) is 6.42 Å². The number of ether oxygens (including phenoxy) is 1. The zero-order chi connectivity index (χ0) is 14.2. The molecule has 0 saturated heterocycles. The van der Waals surface area contributed by atoms with Gasteiger partial charge in [-0.3, -0.25) is 10.1 Å². The fourth-order valence-electron chi connectivity index (χ4n) is 1.60. The number of hydrogen-bond donors (Lipinski definition) is 1. The molecule has 0 atom stereocenters. The summed E-state index contributed by atoms with van der Waals surface area (Å²) in [6.07, 6.45) is 3.38. The molecule has 1 N–H and O–H groups in total. The molecule has 2 rings (SSSR count). The highest BCUT2D eigenvalue weighted by Gasteiger charge is 2.08. The largest absolute Gasteiger partial charge is 0.494 e. The normalized spacial score (nSPS) is 10.2. The highest BCUT2D eigenvalue weighted by molar-refractivity contribution is 7.09. The fraction of sp³-hybridized carbons (Fsp3) is 0.385. The molecule has 0 bridgehead atoms. The molecule has 1 amide bonds. The van der Waals surface area contributed by atoms with Crippen LogP contribution in [0, 0.1) is 0 Å². The smallest absolute Gasteiger partial charge is 0.257 e. The number of nitrogens with zero attached hydrogens (tertiary/aromatic N) is 3. The summed E-state index contributed by atoms with van der Waals surface area (Å²) in [7, 11) is 0. The van der Waals surface area contributed by atoms with Gasteiger partial charge in [0.1, 0.15) is 5.75 Å². The van der Waals surface area contributed by atoms with E-state index in [9.17, 15) is 4.79 Å². The maximum atomic E-state index is 11.9. The van der Waals surface area contributed by atoms with Crippen molar-refractivity contribution in [1.82, 2.24) is 14.8 Å². The Hall–Kier alpha value is -2.02. The quantitative estimate of drug-likeness (QED) is 0.794. The van der Waals surface area contributed by atoms with Crippen molar-refractivity contribution >= 4 is 22.6 Å². The zero-order valence-corrected chi connectivity index (χ0v) is 12.0. The van der Waals surface area contributed by atoms with Crippen LogP contribution in [0.1, 0.15) is 36.5 Å². The van der Waals surface area contributed by atoms with Crippen molar-refractivity contribution in [3.63, 3.8) is 0 Å². The van der Waals surface area contributed by atoms with Gasteiger partial charge in [0.2, 0.25) is 5.13 Å². The second-order valence-corrected chi connectivity index (χ2v) is 4.93. The minimum Gasteiger partial charge on any atom is -0.494 e. The molecular formula is C13H16N4O2S. The van der Waals surface area contributed by atoms with Crippen LogP contribution in [-0.4, -0.2) is 27.3 Å². The molecule has 0 spiro atoms. The Morgan fingerprint density at radius 2 is 2.10 bits per heavy atom. The first-order valence-electron chi connectivity index (χ1n) is 6.49. The summed E-state index contributed by atoms with van der Waals surface area (Å²) in [5.41, 5.74) is 0.543. The standard InChI is InChI=1S/C13H16N4O2S/c1-2-3-4-9-19-11-7-5-10(6-8-11)12(18)14-13-15-16-17-20-13/h5-8H,2-4,9H2,1H3,(H,14,15,17,18). The highest BCUT2D eigenvalue weighted by atomic mass is 32.1. The van der Waals surface area contributed by atoms with Gasteiger partial charge < -0.3 is 4.74 Å². The Labute approximate surface area is 121 Å². The van der Waals surface area contributed by atoms with Crippen LogP contribution in [0.25, 0.3) is 0 Å². The molecule has 0 fully saturated rings. The van der Waals surface area contributed by atoms with Crippen LogP contribution in [-0.2, 0) is 0 Å². The molecule has 0 unspecified atom stereocenters. The second kappa shape index (κ2) is 7.54. The molecule has 2 aromatic rings. The van der Waals surface area contributed by atoms with Crippen LogP contribution in [0.3, 0.4) is 0 Å². The molecule has 7 heteroatoms. The molecule has 0 aliphatic carbocycles. The van der Waals surface area contributed by atoms with Gasteiger partial charge in [-0.2, -0.15) is 0 Å². The van der Waals surface area contributed by atoms with Gasteiger partial charge in [-0.25, -0.2) is 0 Å². The molecule has 1 heterocycles. The number of hydrogen-bond acceptors (Lipinski definition) is 6. The molecule has 0 aliphatic heterocycles. The summed E-state index contributed by atoms with van der Waals surface area (Å²) < 4.78 is 9.16. The van der Waals surface area contributed by atoms with E-state index in [4.69, 9.17) is 4.74 Å². The molecular weight excluding hydrogens is 276 g/mol. The predicted molar refractivity (Wildman–Crippen MR) is 77.1 cm³/mol. The first kappa shape index (κ1) is 14.4. The van der Waals surface area contributed by atoms with Gasteiger partial charge in [0.15, 0.2) is 0 Å². The van der Waals surface area contributed by atoms with Gasteiger partial charge in [-0.1, -0.05) is 29.4 Å². The van der Waals surface area contributed by atoms with Crippen LogP contribution in [0.15, 0.2) is 24.3 Å². The van der Waals surface area contributed by atoms with Crippen molar-refractivity contribution in [3.8, 4) is 5.75 Å². The number of anilines is 1. The molecule has 0 saturated carbocycles. The van der Waals surface area contributed by atoms with E-state index >= 15 is 0 Å². The minimum absolute atomic E-state index is 0.235. The fourth-order valence-corrected chi connectivity index (χ4v) is 1.96. The van der Waals surface area contributed by atoms with E-state index in [2.05, 4.69) is 27.0 Å². The van der Waals surface area contributed by atoms with Crippen LogP contribution in [0.5, 0.6) is 5.75 Å². The monoisotopic (exact) mass is 292 g/mol. The Bertz CT molecular complexity index is 528. The predicted octanol–water partition coefficient (Wildman–Crippen LogP) is 2.75. The summed E-state index contributed by atoms with van der Waals surface area (Å²) >= 11 is 1.04. The Morgan fingerprint density at radius 3 is 2.75 bits per heavy atom. The van der Waals surface area contributed by atoms with Gasteiger partial charge in [-0.15, -0.1) is 0 Å². The van der Waals surface area contributed by atoms with Crippen LogP contribution >= 0.6 is 11.5 Å². The van der Waals surface area contributed by atoms with Crippen molar-refractivity contribution in [3.05, 3.63) is 29.8 Å². The lowest BCUT2D eigenvalue weighted by Gasteiger charge is -2.06. The Morgan fingerprint density at radius 1 is 1.30 bits per heavy atom. The van der Waals surface area contributed by atoms with Crippen molar-refractivity contribution in [2.45, 2.75) is 26.2 Å². The number of aromatic nitrogens is 3. The molecule has 1 aromatic carbocycles.